The number of nitrogens with zero attached hydrogens (tertiary/aromatic N) is 5. The van der Waals surface area contributed by atoms with E-state index in [2.05, 4.69) is 39.4 Å². The van der Waals surface area contributed by atoms with Crippen LogP contribution in [0.5, 0.6) is 0 Å². The first-order valence-corrected chi connectivity index (χ1v) is 8.88. The molecule has 3 heterocycles. The van der Waals surface area contributed by atoms with Crippen LogP contribution in [0.1, 0.15) is 21.6 Å². The maximum absolute atomic E-state index is 12.5. The van der Waals surface area contributed by atoms with Crippen molar-refractivity contribution in [2.24, 2.45) is 0 Å². The highest BCUT2D eigenvalue weighted by atomic mass is 16.2. The summed E-state index contributed by atoms with van der Waals surface area (Å²) in [7, 11) is 0. The molecule has 2 aromatic rings. The van der Waals surface area contributed by atoms with Gasteiger partial charge in [-0.05, 0) is 29.7 Å². The van der Waals surface area contributed by atoms with Crippen LogP contribution in [0.3, 0.4) is 0 Å². The number of hydrogen-bond acceptors (Lipinski definition) is 5. The molecule has 0 radical (unpaired) electrons. The summed E-state index contributed by atoms with van der Waals surface area (Å²) in [6, 6.07) is 12.1. The van der Waals surface area contributed by atoms with Crippen molar-refractivity contribution in [2.45, 2.75) is 13.0 Å². The lowest BCUT2D eigenvalue weighted by molar-refractivity contribution is -0.119. The first kappa shape index (κ1) is 16.5. The van der Waals surface area contributed by atoms with Crippen molar-refractivity contribution in [3.63, 3.8) is 0 Å². The number of benzene rings is 1. The highest BCUT2D eigenvalue weighted by Crippen LogP contribution is 2.22. The lowest BCUT2D eigenvalue weighted by Crippen LogP contribution is -2.48. The lowest BCUT2D eigenvalue weighted by atomic mass is 10.00. The molecule has 1 fully saturated rings. The van der Waals surface area contributed by atoms with Gasteiger partial charge in [0.1, 0.15) is 0 Å². The zero-order chi connectivity index (χ0) is 17.9. The highest BCUT2D eigenvalue weighted by molar-refractivity contribution is 5.92. The molecule has 0 N–H and O–H groups in total. The van der Waals surface area contributed by atoms with E-state index in [-0.39, 0.29) is 5.91 Å². The summed E-state index contributed by atoms with van der Waals surface area (Å²) in [5.41, 5.74) is 3.05. The minimum Gasteiger partial charge on any atom is -0.350 e. The van der Waals surface area contributed by atoms with Crippen molar-refractivity contribution in [3.05, 3.63) is 53.2 Å². The van der Waals surface area contributed by atoms with E-state index < -0.39 is 0 Å². The summed E-state index contributed by atoms with van der Waals surface area (Å²) in [5, 5.41) is 8.44. The molecule has 7 heteroatoms. The predicted octanol–water partition coefficient (Wildman–Crippen LogP) is 0.953. The molecule has 2 amide bonds. The van der Waals surface area contributed by atoms with E-state index in [1.54, 1.807) is 15.9 Å². The van der Waals surface area contributed by atoms with Crippen LogP contribution in [0.25, 0.3) is 0 Å². The zero-order valence-corrected chi connectivity index (χ0v) is 14.5. The van der Waals surface area contributed by atoms with Crippen LogP contribution in [0.4, 0.5) is 5.82 Å². The number of rotatable bonds is 3. The Morgan fingerprint density at radius 2 is 1.69 bits per heavy atom. The Bertz CT molecular complexity index is 800. The Morgan fingerprint density at radius 1 is 0.923 bits per heavy atom. The second-order valence-corrected chi connectivity index (χ2v) is 6.65. The van der Waals surface area contributed by atoms with Crippen molar-refractivity contribution < 1.29 is 9.59 Å². The molecule has 0 bridgehead atoms. The molecule has 0 atom stereocenters. The van der Waals surface area contributed by atoms with Crippen LogP contribution >= 0.6 is 0 Å². The number of amides is 2. The average Bonchev–Trinajstić information content (AvgIpc) is 2.73. The van der Waals surface area contributed by atoms with Gasteiger partial charge in [-0.2, -0.15) is 0 Å². The van der Waals surface area contributed by atoms with E-state index in [4.69, 9.17) is 0 Å². The molecule has 0 aliphatic carbocycles. The first-order chi connectivity index (χ1) is 12.7. The number of aromatic nitrogens is 2. The SMILES string of the molecule is O=CN1CCN(C(=O)c2ccc(N3CCc4ccccc4C3)nn2)CC1. The summed E-state index contributed by atoms with van der Waals surface area (Å²) in [5.74, 6) is 0.667. The van der Waals surface area contributed by atoms with Gasteiger partial charge in [-0.3, -0.25) is 9.59 Å². The van der Waals surface area contributed by atoms with Crippen molar-refractivity contribution >= 4 is 18.1 Å². The van der Waals surface area contributed by atoms with Gasteiger partial charge in [-0.25, -0.2) is 0 Å². The van der Waals surface area contributed by atoms with E-state index in [9.17, 15) is 9.59 Å². The maximum atomic E-state index is 12.5. The third kappa shape index (κ3) is 3.24. The Balaban J connectivity index is 1.43. The third-order valence-corrected chi connectivity index (χ3v) is 5.07. The van der Waals surface area contributed by atoms with Crippen molar-refractivity contribution in [1.29, 1.82) is 0 Å². The topological polar surface area (TPSA) is 69.6 Å². The molecule has 1 aromatic carbocycles. The zero-order valence-electron chi connectivity index (χ0n) is 14.5. The van der Waals surface area contributed by atoms with E-state index in [1.165, 1.54) is 11.1 Å². The standard InChI is InChI=1S/C19H21N5O2/c25-14-22-9-11-23(12-10-22)19(26)17-5-6-18(21-20-17)24-8-7-15-3-1-2-4-16(15)13-24/h1-6,14H,7-13H2. The van der Waals surface area contributed by atoms with Crippen LogP contribution in [0.15, 0.2) is 36.4 Å². The van der Waals surface area contributed by atoms with Gasteiger partial charge < -0.3 is 14.7 Å². The molecule has 1 aromatic heterocycles. The van der Waals surface area contributed by atoms with Crippen molar-refractivity contribution in [1.82, 2.24) is 20.0 Å². The fourth-order valence-corrected chi connectivity index (χ4v) is 3.49. The molecule has 2 aliphatic heterocycles. The minimum absolute atomic E-state index is 0.126. The van der Waals surface area contributed by atoms with E-state index in [0.29, 0.717) is 31.9 Å². The molecule has 134 valence electrons. The molecule has 0 spiro atoms. The summed E-state index contributed by atoms with van der Waals surface area (Å²) in [6.07, 6.45) is 1.81. The fourth-order valence-electron chi connectivity index (χ4n) is 3.49. The summed E-state index contributed by atoms with van der Waals surface area (Å²) < 4.78 is 0. The molecular weight excluding hydrogens is 330 g/mol. The fraction of sp³-hybridized carbons (Fsp3) is 0.368. The molecule has 7 nitrogen and oxygen atoms in total. The second kappa shape index (κ2) is 7.11. The molecular formula is C19H21N5O2. The van der Waals surface area contributed by atoms with Crippen molar-refractivity contribution in [3.8, 4) is 0 Å². The molecule has 0 saturated carbocycles. The molecule has 4 rings (SSSR count). The van der Waals surface area contributed by atoms with Gasteiger partial charge in [-0.1, -0.05) is 24.3 Å². The Morgan fingerprint density at radius 3 is 2.38 bits per heavy atom. The molecule has 2 aliphatic rings. The molecule has 1 saturated heterocycles. The van der Waals surface area contributed by atoms with Crippen LogP contribution in [-0.4, -0.2) is 65.0 Å². The van der Waals surface area contributed by atoms with Crippen LogP contribution in [0, 0.1) is 0 Å². The third-order valence-electron chi connectivity index (χ3n) is 5.07. The van der Waals surface area contributed by atoms with Gasteiger partial charge in [0, 0.05) is 39.3 Å². The minimum atomic E-state index is -0.126. The smallest absolute Gasteiger partial charge is 0.274 e. The van der Waals surface area contributed by atoms with E-state index in [1.807, 2.05) is 6.07 Å². The Labute approximate surface area is 152 Å². The highest BCUT2D eigenvalue weighted by Gasteiger charge is 2.23. The number of piperazine rings is 1. The van der Waals surface area contributed by atoms with E-state index >= 15 is 0 Å². The monoisotopic (exact) mass is 351 g/mol. The van der Waals surface area contributed by atoms with Gasteiger partial charge in [-0.15, -0.1) is 10.2 Å². The largest absolute Gasteiger partial charge is 0.350 e. The summed E-state index contributed by atoms with van der Waals surface area (Å²) in [4.78, 5) is 28.9. The predicted molar refractivity (Wildman–Crippen MR) is 96.8 cm³/mol. The van der Waals surface area contributed by atoms with Gasteiger partial charge >= 0.3 is 0 Å². The number of carbonyl (C=O) groups is 2. The van der Waals surface area contributed by atoms with Crippen LogP contribution in [0.2, 0.25) is 0 Å². The Kier molecular flexibility index (Phi) is 4.51. The Hall–Kier alpha value is -2.96. The lowest BCUT2D eigenvalue weighted by Gasteiger charge is -2.32. The number of carbonyl (C=O) groups excluding carboxylic acids is 2. The summed E-state index contributed by atoms with van der Waals surface area (Å²) >= 11 is 0. The summed E-state index contributed by atoms with van der Waals surface area (Å²) in [6.45, 7) is 3.90. The number of anilines is 1. The van der Waals surface area contributed by atoms with Gasteiger partial charge in [0.15, 0.2) is 11.5 Å². The molecule has 26 heavy (non-hydrogen) atoms. The average molecular weight is 351 g/mol. The second-order valence-electron chi connectivity index (χ2n) is 6.65. The molecule has 0 unspecified atom stereocenters. The number of hydrogen-bond donors (Lipinski definition) is 0. The van der Waals surface area contributed by atoms with Crippen LogP contribution < -0.4 is 4.90 Å². The van der Waals surface area contributed by atoms with Gasteiger partial charge in [0.2, 0.25) is 6.41 Å². The van der Waals surface area contributed by atoms with Gasteiger partial charge in [0.05, 0.1) is 0 Å². The van der Waals surface area contributed by atoms with Crippen LogP contribution in [-0.2, 0) is 17.8 Å². The number of fused-ring (bicyclic) bond motifs is 1. The van der Waals surface area contributed by atoms with E-state index in [0.717, 1.165) is 31.7 Å². The van der Waals surface area contributed by atoms with Crippen molar-refractivity contribution in [2.75, 3.05) is 37.6 Å². The maximum Gasteiger partial charge on any atom is 0.274 e. The normalized spacial score (nSPS) is 17.0. The quantitative estimate of drug-likeness (QED) is 0.770. The van der Waals surface area contributed by atoms with Gasteiger partial charge in [0.25, 0.3) is 5.91 Å². The first-order valence-electron chi connectivity index (χ1n) is 8.88.